The van der Waals surface area contributed by atoms with Gasteiger partial charge in [0.2, 0.25) is 0 Å². The Labute approximate surface area is 110 Å². The van der Waals surface area contributed by atoms with E-state index in [-0.39, 0.29) is 5.97 Å². The minimum absolute atomic E-state index is 0.0556. The van der Waals surface area contributed by atoms with Crippen molar-refractivity contribution < 1.29 is 9.53 Å². The lowest BCUT2D eigenvalue weighted by Crippen LogP contribution is -2.58. The molecule has 1 aliphatic heterocycles. The van der Waals surface area contributed by atoms with Gasteiger partial charge in [-0.15, -0.1) is 0 Å². The van der Waals surface area contributed by atoms with Crippen LogP contribution in [0.2, 0.25) is 0 Å². The van der Waals surface area contributed by atoms with Gasteiger partial charge in [-0.1, -0.05) is 19.3 Å². The third-order valence-corrected chi connectivity index (χ3v) is 4.21. The van der Waals surface area contributed by atoms with Crippen molar-refractivity contribution in [1.82, 2.24) is 10.2 Å². The molecule has 1 atom stereocenters. The van der Waals surface area contributed by atoms with E-state index in [1.807, 2.05) is 6.92 Å². The summed E-state index contributed by atoms with van der Waals surface area (Å²) in [4.78, 5) is 14.5. The Bertz CT molecular complexity index is 290. The number of carbonyl (C=O) groups is 1. The zero-order chi connectivity index (χ0) is 13.0. The quantitative estimate of drug-likeness (QED) is 0.773. The molecule has 0 aromatic heterocycles. The van der Waals surface area contributed by atoms with E-state index in [1.54, 1.807) is 0 Å². The third kappa shape index (κ3) is 3.04. The first-order chi connectivity index (χ1) is 8.66. The Morgan fingerprint density at radius 3 is 2.67 bits per heavy atom. The van der Waals surface area contributed by atoms with E-state index in [1.165, 1.54) is 32.1 Å². The molecule has 1 unspecified atom stereocenters. The fourth-order valence-electron chi connectivity index (χ4n) is 3.25. The van der Waals surface area contributed by atoms with Crippen LogP contribution in [-0.2, 0) is 9.53 Å². The summed E-state index contributed by atoms with van der Waals surface area (Å²) in [5, 5.41) is 3.63. The van der Waals surface area contributed by atoms with Gasteiger partial charge in [-0.25, -0.2) is 4.79 Å². The van der Waals surface area contributed by atoms with Gasteiger partial charge in [-0.05, 0) is 33.2 Å². The summed E-state index contributed by atoms with van der Waals surface area (Å²) in [6, 6.07) is 0.495. The maximum Gasteiger partial charge on any atom is 0.327 e. The minimum atomic E-state index is -0.452. The van der Waals surface area contributed by atoms with Gasteiger partial charge in [0, 0.05) is 19.1 Å². The SMILES string of the molecule is CCOC(=O)C1(NC2CCCCC2)CCN(C)C1. The van der Waals surface area contributed by atoms with Gasteiger partial charge in [0.05, 0.1) is 6.61 Å². The summed E-state index contributed by atoms with van der Waals surface area (Å²) in [7, 11) is 2.07. The zero-order valence-electron chi connectivity index (χ0n) is 11.7. The normalized spacial score (nSPS) is 30.6. The molecule has 1 saturated heterocycles. The number of carbonyl (C=O) groups excluding carboxylic acids is 1. The summed E-state index contributed by atoms with van der Waals surface area (Å²) in [5.41, 5.74) is -0.452. The van der Waals surface area contributed by atoms with Crippen LogP contribution in [-0.4, -0.2) is 49.2 Å². The number of nitrogens with one attached hydrogen (secondary N) is 1. The first-order valence-electron chi connectivity index (χ1n) is 7.30. The number of hydrogen-bond acceptors (Lipinski definition) is 4. The van der Waals surface area contributed by atoms with Crippen molar-refractivity contribution in [2.24, 2.45) is 0 Å². The molecular formula is C14H26N2O2. The second kappa shape index (κ2) is 6.02. The van der Waals surface area contributed by atoms with Crippen molar-refractivity contribution >= 4 is 5.97 Å². The predicted molar refractivity (Wildman–Crippen MR) is 71.5 cm³/mol. The lowest BCUT2D eigenvalue weighted by Gasteiger charge is -2.34. The van der Waals surface area contributed by atoms with Crippen molar-refractivity contribution in [3.05, 3.63) is 0 Å². The fourth-order valence-corrected chi connectivity index (χ4v) is 3.25. The molecule has 1 aliphatic carbocycles. The number of likely N-dealkylation sites (tertiary alicyclic amines) is 1. The first-order valence-corrected chi connectivity index (χ1v) is 7.30. The summed E-state index contributed by atoms with van der Waals surface area (Å²) in [6.45, 7) is 4.10. The zero-order valence-corrected chi connectivity index (χ0v) is 11.7. The van der Waals surface area contributed by atoms with Gasteiger partial charge in [0.15, 0.2) is 0 Å². The summed E-state index contributed by atoms with van der Waals surface area (Å²) >= 11 is 0. The first kappa shape index (κ1) is 13.8. The van der Waals surface area contributed by atoms with Crippen LogP contribution in [0, 0.1) is 0 Å². The molecule has 1 heterocycles. The molecule has 1 saturated carbocycles. The monoisotopic (exact) mass is 254 g/mol. The number of esters is 1. The number of nitrogens with zero attached hydrogens (tertiary/aromatic N) is 1. The molecule has 18 heavy (non-hydrogen) atoms. The van der Waals surface area contributed by atoms with E-state index in [0.29, 0.717) is 12.6 Å². The van der Waals surface area contributed by atoms with E-state index >= 15 is 0 Å². The van der Waals surface area contributed by atoms with Gasteiger partial charge in [0.1, 0.15) is 5.54 Å². The maximum absolute atomic E-state index is 12.3. The lowest BCUT2D eigenvalue weighted by atomic mass is 9.90. The second-order valence-electron chi connectivity index (χ2n) is 5.77. The highest BCUT2D eigenvalue weighted by Gasteiger charge is 2.46. The Kier molecular flexibility index (Phi) is 4.62. The van der Waals surface area contributed by atoms with E-state index in [0.717, 1.165) is 19.5 Å². The van der Waals surface area contributed by atoms with Crippen molar-refractivity contribution in [2.45, 2.75) is 57.0 Å². The van der Waals surface area contributed by atoms with Gasteiger partial charge in [-0.2, -0.15) is 0 Å². The summed E-state index contributed by atoms with van der Waals surface area (Å²) < 4.78 is 5.29. The molecule has 4 nitrogen and oxygen atoms in total. The van der Waals surface area contributed by atoms with Crippen LogP contribution in [0.15, 0.2) is 0 Å². The van der Waals surface area contributed by atoms with Crippen molar-refractivity contribution in [1.29, 1.82) is 0 Å². The van der Waals surface area contributed by atoms with E-state index < -0.39 is 5.54 Å². The van der Waals surface area contributed by atoms with Gasteiger partial charge < -0.3 is 9.64 Å². The van der Waals surface area contributed by atoms with E-state index in [2.05, 4.69) is 17.3 Å². The second-order valence-corrected chi connectivity index (χ2v) is 5.77. The third-order valence-electron chi connectivity index (χ3n) is 4.21. The molecule has 0 aromatic carbocycles. The Morgan fingerprint density at radius 2 is 2.11 bits per heavy atom. The maximum atomic E-state index is 12.3. The van der Waals surface area contributed by atoms with Crippen LogP contribution in [0.1, 0.15) is 45.4 Å². The summed E-state index contributed by atoms with van der Waals surface area (Å²) in [6.07, 6.45) is 7.18. The van der Waals surface area contributed by atoms with Gasteiger partial charge in [0.25, 0.3) is 0 Å². The molecule has 2 aliphatic rings. The van der Waals surface area contributed by atoms with E-state index in [4.69, 9.17) is 4.74 Å². The molecular weight excluding hydrogens is 228 g/mol. The summed E-state index contributed by atoms with van der Waals surface area (Å²) in [5.74, 6) is -0.0556. The van der Waals surface area contributed by atoms with Crippen molar-refractivity contribution in [3.8, 4) is 0 Å². The minimum Gasteiger partial charge on any atom is -0.465 e. The number of likely N-dealkylation sites (N-methyl/N-ethyl adjacent to an activating group) is 1. The molecule has 104 valence electrons. The topological polar surface area (TPSA) is 41.6 Å². The van der Waals surface area contributed by atoms with Crippen LogP contribution < -0.4 is 5.32 Å². The molecule has 2 fully saturated rings. The molecule has 0 bridgehead atoms. The average Bonchev–Trinajstić information content (AvgIpc) is 2.74. The highest BCUT2D eigenvalue weighted by molar-refractivity contribution is 5.81. The molecule has 0 radical (unpaired) electrons. The molecule has 4 heteroatoms. The number of rotatable bonds is 4. The Morgan fingerprint density at radius 1 is 1.39 bits per heavy atom. The van der Waals surface area contributed by atoms with Crippen LogP contribution >= 0.6 is 0 Å². The van der Waals surface area contributed by atoms with E-state index in [9.17, 15) is 4.79 Å². The van der Waals surface area contributed by atoms with Crippen molar-refractivity contribution in [2.75, 3.05) is 26.7 Å². The smallest absolute Gasteiger partial charge is 0.327 e. The predicted octanol–water partition coefficient (Wildman–Crippen LogP) is 1.55. The Balaban J connectivity index is 2.02. The van der Waals surface area contributed by atoms with Gasteiger partial charge in [-0.3, -0.25) is 5.32 Å². The Hall–Kier alpha value is -0.610. The van der Waals surface area contributed by atoms with Crippen LogP contribution in [0.3, 0.4) is 0 Å². The largest absolute Gasteiger partial charge is 0.465 e. The van der Waals surface area contributed by atoms with Gasteiger partial charge >= 0.3 is 5.97 Å². The molecule has 2 rings (SSSR count). The molecule has 0 aromatic rings. The fraction of sp³-hybridized carbons (Fsp3) is 0.929. The highest BCUT2D eigenvalue weighted by Crippen LogP contribution is 2.26. The average molecular weight is 254 g/mol. The molecule has 1 N–H and O–H groups in total. The molecule has 0 spiro atoms. The van der Waals surface area contributed by atoms with Crippen LogP contribution in [0.4, 0.5) is 0 Å². The van der Waals surface area contributed by atoms with Crippen LogP contribution in [0.25, 0.3) is 0 Å². The number of hydrogen-bond donors (Lipinski definition) is 1. The lowest BCUT2D eigenvalue weighted by molar-refractivity contribution is -0.151. The standard InChI is InChI=1S/C14H26N2O2/c1-3-18-13(17)14(9-10-16(2)11-14)15-12-7-5-4-6-8-12/h12,15H,3-11H2,1-2H3. The van der Waals surface area contributed by atoms with Crippen LogP contribution in [0.5, 0.6) is 0 Å². The van der Waals surface area contributed by atoms with Crippen molar-refractivity contribution in [3.63, 3.8) is 0 Å². The number of ether oxygens (including phenoxy) is 1. The highest BCUT2D eigenvalue weighted by atomic mass is 16.5. The molecule has 0 amide bonds.